The zero-order valence-electron chi connectivity index (χ0n) is 26.6. The van der Waals surface area contributed by atoms with E-state index in [1.165, 1.54) is 21.9 Å². The number of fused-ring (bicyclic) bond motifs is 4. The fourth-order valence-electron chi connectivity index (χ4n) is 8.96. The number of nitrogens with zero attached hydrogens (tertiary/aromatic N) is 2. The summed E-state index contributed by atoms with van der Waals surface area (Å²) in [4.78, 5) is 60.8. The molecule has 0 bridgehead atoms. The molecule has 3 fully saturated rings. The van der Waals surface area contributed by atoms with Crippen LogP contribution in [-0.4, -0.2) is 28.7 Å². The number of hydrogen-bond acceptors (Lipinski definition) is 5. The average molecular weight is 675 g/mol. The lowest BCUT2D eigenvalue weighted by atomic mass is 9.49. The quantitative estimate of drug-likeness (QED) is 0.180. The van der Waals surface area contributed by atoms with Crippen LogP contribution in [0.2, 0.25) is 5.02 Å². The molecule has 4 aromatic rings. The Morgan fingerprint density at radius 2 is 1.57 bits per heavy atom. The number of phenolic OH excluding ortho intramolecular Hbond substituents is 1. The van der Waals surface area contributed by atoms with Crippen molar-refractivity contribution in [2.24, 2.45) is 23.7 Å². The third-order valence-corrected chi connectivity index (χ3v) is 11.3. The van der Waals surface area contributed by atoms with Gasteiger partial charge >= 0.3 is 0 Å². The van der Waals surface area contributed by atoms with Crippen LogP contribution < -0.4 is 9.80 Å². The first-order valence-corrected chi connectivity index (χ1v) is 16.9. The molecule has 4 amide bonds. The average Bonchev–Trinajstić information content (AvgIpc) is 3.50. The lowest BCUT2D eigenvalue weighted by Crippen LogP contribution is -2.53. The van der Waals surface area contributed by atoms with E-state index in [9.17, 15) is 19.5 Å². The van der Waals surface area contributed by atoms with Crippen molar-refractivity contribution >= 4 is 46.6 Å². The first kappa shape index (κ1) is 31.2. The Kier molecular flexibility index (Phi) is 7.33. The molecule has 0 aromatic heterocycles. The van der Waals surface area contributed by atoms with Crippen LogP contribution in [-0.2, 0) is 31.0 Å². The maximum Gasteiger partial charge on any atom is 0.246 e. The standard InChI is InChI=1S/C40H32ClFN2O5/c1-2-22-11-14-26(15-12-22)43-36(46)29-17-16-28-30(34(29)38(43)48)21-31-37(47)44(27-10-6-9-25(41)20-27)39(49)40(31,24-7-4-3-5-8-24)35(28)23-13-18-33(45)32(42)19-23/h3-16,18-20,29-31,34-35,45H,2,17,21H2,1H3/t29-,30+,31-,34-,35-,40+/m0/s1. The smallest absolute Gasteiger partial charge is 0.246 e. The summed E-state index contributed by atoms with van der Waals surface area (Å²) >= 11 is 6.35. The molecule has 4 aliphatic rings. The van der Waals surface area contributed by atoms with Crippen LogP contribution in [0.25, 0.3) is 0 Å². The molecule has 246 valence electrons. The summed E-state index contributed by atoms with van der Waals surface area (Å²) in [7, 11) is 0. The number of rotatable bonds is 5. The van der Waals surface area contributed by atoms with E-state index in [2.05, 4.69) is 0 Å². The molecule has 49 heavy (non-hydrogen) atoms. The first-order chi connectivity index (χ1) is 23.7. The highest BCUT2D eigenvalue weighted by Gasteiger charge is 2.70. The Bertz CT molecular complexity index is 2080. The van der Waals surface area contributed by atoms with Gasteiger partial charge in [0, 0.05) is 10.9 Å². The highest BCUT2D eigenvalue weighted by Crippen LogP contribution is 2.64. The number of phenols is 1. The second kappa shape index (κ2) is 11.5. The lowest BCUT2D eigenvalue weighted by Gasteiger charge is -2.50. The van der Waals surface area contributed by atoms with Crippen LogP contribution >= 0.6 is 11.6 Å². The summed E-state index contributed by atoms with van der Waals surface area (Å²) in [5.74, 6) is -6.87. The Morgan fingerprint density at radius 1 is 0.816 bits per heavy atom. The van der Waals surface area contributed by atoms with Crippen molar-refractivity contribution in [3.63, 3.8) is 0 Å². The summed E-state index contributed by atoms with van der Waals surface area (Å²) in [6, 6.07) is 27.0. The van der Waals surface area contributed by atoms with Crippen molar-refractivity contribution in [3.8, 4) is 5.75 Å². The zero-order valence-corrected chi connectivity index (χ0v) is 27.3. The van der Waals surface area contributed by atoms with Crippen molar-refractivity contribution in [3.05, 3.63) is 136 Å². The van der Waals surface area contributed by atoms with E-state index in [1.54, 1.807) is 54.6 Å². The molecule has 9 heteroatoms. The molecule has 0 radical (unpaired) electrons. The number of halogens is 2. The molecule has 1 saturated carbocycles. The minimum Gasteiger partial charge on any atom is -0.505 e. The Hall–Kier alpha value is -5.08. The van der Waals surface area contributed by atoms with Gasteiger partial charge in [-0.2, -0.15) is 0 Å². The summed E-state index contributed by atoms with van der Waals surface area (Å²) in [6.45, 7) is 2.03. The van der Waals surface area contributed by atoms with Crippen molar-refractivity contribution in [1.29, 1.82) is 0 Å². The SMILES string of the molecule is CCc1ccc(N2C(=O)[C@H]3[C@H](CC=C4[C@H]3C[C@H]3C(=O)N(c5cccc(Cl)c5)C(=O)[C@@]3(c3ccccc3)[C@H]4c3ccc(O)c(F)c3)C2=O)cc1. The maximum absolute atomic E-state index is 15.3. The van der Waals surface area contributed by atoms with Crippen LogP contribution in [0.5, 0.6) is 5.75 Å². The van der Waals surface area contributed by atoms with Gasteiger partial charge in [0.1, 0.15) is 0 Å². The Morgan fingerprint density at radius 3 is 2.27 bits per heavy atom. The van der Waals surface area contributed by atoms with Gasteiger partial charge in [0.05, 0.1) is 34.5 Å². The number of allylic oxidation sites excluding steroid dienone is 2. The zero-order chi connectivity index (χ0) is 34.2. The summed E-state index contributed by atoms with van der Waals surface area (Å²) < 4.78 is 15.3. The van der Waals surface area contributed by atoms with E-state index in [0.29, 0.717) is 33.1 Å². The minimum atomic E-state index is -1.53. The number of aryl methyl sites for hydroxylation is 1. The number of hydrogen-bond donors (Lipinski definition) is 1. The minimum absolute atomic E-state index is 0.127. The van der Waals surface area contributed by atoms with E-state index < -0.39 is 58.4 Å². The second-order valence-electron chi connectivity index (χ2n) is 13.3. The van der Waals surface area contributed by atoms with Crippen molar-refractivity contribution in [1.82, 2.24) is 0 Å². The van der Waals surface area contributed by atoms with Gasteiger partial charge in [0.2, 0.25) is 23.6 Å². The fraction of sp³-hybridized carbons (Fsp3) is 0.250. The predicted octanol–water partition coefficient (Wildman–Crippen LogP) is 7.11. The van der Waals surface area contributed by atoms with Gasteiger partial charge in [0.25, 0.3) is 0 Å². The molecule has 0 unspecified atom stereocenters. The van der Waals surface area contributed by atoms with Crippen molar-refractivity contribution < 1.29 is 28.7 Å². The van der Waals surface area contributed by atoms with Crippen LogP contribution in [0.3, 0.4) is 0 Å². The van der Waals surface area contributed by atoms with Crippen LogP contribution in [0, 0.1) is 29.5 Å². The molecule has 0 spiro atoms. The van der Waals surface area contributed by atoms with Crippen LogP contribution in [0.4, 0.5) is 15.8 Å². The molecule has 2 saturated heterocycles. The molecule has 1 N–H and O–H groups in total. The molecule has 7 nitrogen and oxygen atoms in total. The number of carbonyl (C=O) groups is 4. The molecule has 2 aliphatic carbocycles. The summed E-state index contributed by atoms with van der Waals surface area (Å²) in [5, 5.41) is 10.5. The highest BCUT2D eigenvalue weighted by atomic mass is 35.5. The van der Waals surface area contributed by atoms with Crippen LogP contribution in [0.15, 0.2) is 109 Å². The largest absolute Gasteiger partial charge is 0.505 e. The van der Waals surface area contributed by atoms with Gasteiger partial charge in [0.15, 0.2) is 11.6 Å². The summed E-state index contributed by atoms with van der Waals surface area (Å²) in [6.07, 6.45) is 3.11. The topological polar surface area (TPSA) is 95.0 Å². The molecule has 6 atom stereocenters. The monoisotopic (exact) mass is 674 g/mol. The molecule has 4 aromatic carbocycles. The number of imide groups is 2. The van der Waals surface area contributed by atoms with Crippen molar-refractivity contribution in [2.45, 2.75) is 37.5 Å². The van der Waals surface area contributed by atoms with Gasteiger partial charge in [-0.3, -0.25) is 24.1 Å². The Balaban J connectivity index is 1.34. The molecular weight excluding hydrogens is 643 g/mol. The van der Waals surface area contributed by atoms with E-state index in [1.807, 2.05) is 43.3 Å². The number of benzene rings is 4. The van der Waals surface area contributed by atoms with Crippen LogP contribution in [0.1, 0.15) is 42.4 Å². The second-order valence-corrected chi connectivity index (χ2v) is 13.8. The molecule has 8 rings (SSSR count). The summed E-state index contributed by atoms with van der Waals surface area (Å²) in [5.41, 5.74) is 2.03. The van der Waals surface area contributed by atoms with Gasteiger partial charge < -0.3 is 5.11 Å². The number of anilines is 2. The van der Waals surface area contributed by atoms with Gasteiger partial charge in [-0.15, -0.1) is 0 Å². The molecule has 2 aliphatic heterocycles. The van der Waals surface area contributed by atoms with E-state index >= 15 is 9.18 Å². The van der Waals surface area contributed by atoms with Gasteiger partial charge in [-0.1, -0.05) is 84.8 Å². The van der Waals surface area contributed by atoms with E-state index in [0.717, 1.165) is 12.0 Å². The lowest BCUT2D eigenvalue weighted by molar-refractivity contribution is -0.127. The van der Waals surface area contributed by atoms with E-state index in [-0.39, 0.29) is 24.7 Å². The fourth-order valence-corrected chi connectivity index (χ4v) is 9.14. The van der Waals surface area contributed by atoms with E-state index in [4.69, 9.17) is 11.6 Å². The molecule has 2 heterocycles. The number of amides is 4. The normalized spacial score (nSPS) is 27.6. The maximum atomic E-state index is 15.3. The Labute approximate surface area is 287 Å². The third kappa shape index (κ3) is 4.46. The number of aromatic hydroxyl groups is 1. The van der Waals surface area contributed by atoms with Gasteiger partial charge in [-0.25, -0.2) is 9.29 Å². The van der Waals surface area contributed by atoms with Gasteiger partial charge in [-0.05, 0) is 84.3 Å². The molecular formula is C40H32ClFN2O5. The number of carbonyl (C=O) groups excluding carboxylic acids is 4. The predicted molar refractivity (Wildman–Crippen MR) is 182 cm³/mol. The highest BCUT2D eigenvalue weighted by molar-refractivity contribution is 6.32. The van der Waals surface area contributed by atoms with Crippen molar-refractivity contribution in [2.75, 3.05) is 9.80 Å². The third-order valence-electron chi connectivity index (χ3n) is 11.1. The first-order valence-electron chi connectivity index (χ1n) is 16.5.